The Balaban J connectivity index is 1.46. The summed E-state index contributed by atoms with van der Waals surface area (Å²) in [5.41, 5.74) is 0.875. The highest BCUT2D eigenvalue weighted by Crippen LogP contribution is 2.20. The van der Waals surface area contributed by atoms with Gasteiger partial charge in [-0.05, 0) is 43.5 Å². The zero-order valence-corrected chi connectivity index (χ0v) is 15.4. The van der Waals surface area contributed by atoms with Gasteiger partial charge in [0.15, 0.2) is 5.76 Å². The molecule has 0 bridgehead atoms. The van der Waals surface area contributed by atoms with Crippen molar-refractivity contribution < 1.29 is 18.7 Å². The first-order valence-electron chi connectivity index (χ1n) is 9.58. The number of carbonyl (C=O) groups excluding carboxylic acids is 2. The van der Waals surface area contributed by atoms with Crippen LogP contribution in [0.4, 0.5) is 5.69 Å². The Morgan fingerprint density at radius 2 is 1.85 bits per heavy atom. The van der Waals surface area contributed by atoms with E-state index in [-0.39, 0.29) is 17.6 Å². The number of benzene rings is 1. The van der Waals surface area contributed by atoms with E-state index in [1.165, 1.54) is 25.5 Å². The fraction of sp³-hybridized carbons (Fsp3) is 0.429. The number of ether oxygens (including phenoxy) is 1. The van der Waals surface area contributed by atoms with Crippen molar-refractivity contribution in [1.82, 2.24) is 5.32 Å². The molecule has 3 rings (SSSR count). The standard InChI is InChI=1S/C21H26N2O4/c24-20(22-13-7-15-26-16-8-2-1-3-9-16)17-10-4-5-11-18(17)23-21(25)19-12-6-14-27-19/h4-6,10-12,14,16H,1-3,7-9,13,15H2,(H,22,24)(H,23,25). The van der Waals surface area contributed by atoms with Crippen LogP contribution >= 0.6 is 0 Å². The monoisotopic (exact) mass is 370 g/mol. The first-order valence-corrected chi connectivity index (χ1v) is 9.58. The van der Waals surface area contributed by atoms with E-state index in [9.17, 15) is 9.59 Å². The van der Waals surface area contributed by atoms with Gasteiger partial charge in [-0.1, -0.05) is 31.4 Å². The minimum absolute atomic E-state index is 0.199. The Labute approximate surface area is 159 Å². The summed E-state index contributed by atoms with van der Waals surface area (Å²) in [5.74, 6) is -0.408. The number of carbonyl (C=O) groups is 2. The van der Waals surface area contributed by atoms with Crippen molar-refractivity contribution in [3.05, 3.63) is 54.0 Å². The zero-order chi connectivity index (χ0) is 18.9. The molecule has 2 amide bonds. The Morgan fingerprint density at radius 3 is 2.63 bits per heavy atom. The van der Waals surface area contributed by atoms with E-state index in [4.69, 9.17) is 9.15 Å². The van der Waals surface area contributed by atoms with Gasteiger partial charge >= 0.3 is 0 Å². The van der Waals surface area contributed by atoms with E-state index >= 15 is 0 Å². The van der Waals surface area contributed by atoms with Crippen LogP contribution in [0.2, 0.25) is 0 Å². The summed E-state index contributed by atoms with van der Waals surface area (Å²) in [4.78, 5) is 24.6. The van der Waals surface area contributed by atoms with Gasteiger partial charge in [0.05, 0.1) is 23.6 Å². The van der Waals surface area contributed by atoms with Crippen LogP contribution in [0.25, 0.3) is 0 Å². The smallest absolute Gasteiger partial charge is 0.291 e. The third kappa shape index (κ3) is 5.69. The molecular formula is C21H26N2O4. The molecule has 1 saturated carbocycles. The van der Waals surface area contributed by atoms with Gasteiger partial charge in [0.2, 0.25) is 0 Å². The molecule has 2 N–H and O–H groups in total. The molecule has 1 aromatic heterocycles. The molecule has 0 atom stereocenters. The van der Waals surface area contributed by atoms with Crippen molar-refractivity contribution in [3.63, 3.8) is 0 Å². The molecule has 1 aromatic carbocycles. The highest BCUT2D eigenvalue weighted by molar-refractivity contribution is 6.07. The van der Waals surface area contributed by atoms with E-state index in [0.29, 0.717) is 30.5 Å². The van der Waals surface area contributed by atoms with E-state index in [1.807, 2.05) is 0 Å². The average Bonchev–Trinajstić information content (AvgIpc) is 3.24. The van der Waals surface area contributed by atoms with E-state index in [2.05, 4.69) is 10.6 Å². The molecule has 1 aliphatic rings. The summed E-state index contributed by atoms with van der Waals surface area (Å²) < 4.78 is 11.0. The summed E-state index contributed by atoms with van der Waals surface area (Å²) in [6.45, 7) is 1.19. The molecule has 0 saturated heterocycles. The molecular weight excluding hydrogens is 344 g/mol. The Bertz CT molecular complexity index is 736. The number of hydrogen-bond acceptors (Lipinski definition) is 4. The van der Waals surface area contributed by atoms with Crippen molar-refractivity contribution >= 4 is 17.5 Å². The van der Waals surface area contributed by atoms with Crippen LogP contribution in [0, 0.1) is 0 Å². The number of nitrogens with one attached hydrogen (secondary N) is 2. The number of furan rings is 1. The lowest BCUT2D eigenvalue weighted by Crippen LogP contribution is -2.27. The fourth-order valence-corrected chi connectivity index (χ4v) is 3.23. The number of amides is 2. The van der Waals surface area contributed by atoms with Crippen LogP contribution < -0.4 is 10.6 Å². The average molecular weight is 370 g/mol. The number of hydrogen-bond donors (Lipinski definition) is 2. The first kappa shape index (κ1) is 19.2. The molecule has 144 valence electrons. The molecule has 0 aliphatic heterocycles. The van der Waals surface area contributed by atoms with Crippen molar-refractivity contribution in [3.8, 4) is 0 Å². The fourth-order valence-electron chi connectivity index (χ4n) is 3.23. The first-order chi connectivity index (χ1) is 13.2. The number of para-hydroxylation sites is 1. The second-order valence-electron chi connectivity index (χ2n) is 6.72. The number of rotatable bonds is 8. The van der Waals surface area contributed by atoms with Crippen LogP contribution in [0.5, 0.6) is 0 Å². The van der Waals surface area contributed by atoms with Gasteiger partial charge in [-0.3, -0.25) is 9.59 Å². The van der Waals surface area contributed by atoms with Crippen LogP contribution in [0.15, 0.2) is 47.1 Å². The minimum atomic E-state index is -0.388. The largest absolute Gasteiger partial charge is 0.459 e. The lowest BCUT2D eigenvalue weighted by molar-refractivity contribution is 0.0273. The van der Waals surface area contributed by atoms with Gasteiger partial charge in [0.1, 0.15) is 0 Å². The Morgan fingerprint density at radius 1 is 1.04 bits per heavy atom. The number of anilines is 1. The highest BCUT2D eigenvalue weighted by Gasteiger charge is 2.16. The van der Waals surface area contributed by atoms with Crippen molar-refractivity contribution in [2.45, 2.75) is 44.6 Å². The summed E-state index contributed by atoms with van der Waals surface area (Å²) in [5, 5.41) is 5.61. The second kappa shape index (κ2) is 9.92. The van der Waals surface area contributed by atoms with Crippen LogP contribution in [-0.4, -0.2) is 31.1 Å². The summed E-state index contributed by atoms with van der Waals surface area (Å²) >= 11 is 0. The third-order valence-corrected chi connectivity index (χ3v) is 4.68. The van der Waals surface area contributed by atoms with Gasteiger partial charge < -0.3 is 19.8 Å². The molecule has 6 nitrogen and oxygen atoms in total. The molecule has 0 spiro atoms. The van der Waals surface area contributed by atoms with Crippen molar-refractivity contribution in [2.24, 2.45) is 0 Å². The lowest BCUT2D eigenvalue weighted by Gasteiger charge is -2.21. The molecule has 6 heteroatoms. The van der Waals surface area contributed by atoms with Gasteiger partial charge in [-0.15, -0.1) is 0 Å². The second-order valence-corrected chi connectivity index (χ2v) is 6.72. The lowest BCUT2D eigenvalue weighted by atomic mass is 9.98. The topological polar surface area (TPSA) is 80.6 Å². The van der Waals surface area contributed by atoms with E-state index in [0.717, 1.165) is 19.3 Å². The van der Waals surface area contributed by atoms with Gasteiger partial charge in [-0.2, -0.15) is 0 Å². The minimum Gasteiger partial charge on any atom is -0.459 e. The van der Waals surface area contributed by atoms with E-state index in [1.54, 1.807) is 36.4 Å². The molecule has 2 aromatic rings. The molecule has 1 aliphatic carbocycles. The molecule has 0 radical (unpaired) electrons. The molecule has 27 heavy (non-hydrogen) atoms. The van der Waals surface area contributed by atoms with Gasteiger partial charge in [0.25, 0.3) is 11.8 Å². The summed E-state index contributed by atoms with van der Waals surface area (Å²) in [6, 6.07) is 10.1. The highest BCUT2D eigenvalue weighted by atomic mass is 16.5. The van der Waals surface area contributed by atoms with Gasteiger partial charge in [-0.25, -0.2) is 0 Å². The van der Waals surface area contributed by atoms with Crippen molar-refractivity contribution in [2.75, 3.05) is 18.5 Å². The maximum atomic E-state index is 12.5. The SMILES string of the molecule is O=C(Nc1ccccc1C(=O)NCCCOC1CCCCC1)c1ccco1. The quantitative estimate of drug-likeness (QED) is 0.688. The predicted molar refractivity (Wildman–Crippen MR) is 103 cm³/mol. The maximum Gasteiger partial charge on any atom is 0.291 e. The molecule has 1 fully saturated rings. The molecule has 1 heterocycles. The van der Waals surface area contributed by atoms with Crippen LogP contribution in [0.3, 0.4) is 0 Å². The van der Waals surface area contributed by atoms with Crippen LogP contribution in [-0.2, 0) is 4.74 Å². The summed E-state index contributed by atoms with van der Waals surface area (Å²) in [6.07, 6.45) is 8.69. The zero-order valence-electron chi connectivity index (χ0n) is 15.4. The summed E-state index contributed by atoms with van der Waals surface area (Å²) in [7, 11) is 0. The Hall–Kier alpha value is -2.60. The van der Waals surface area contributed by atoms with Crippen LogP contribution in [0.1, 0.15) is 59.4 Å². The normalized spacial score (nSPS) is 14.7. The maximum absolute atomic E-state index is 12.5. The van der Waals surface area contributed by atoms with E-state index < -0.39 is 0 Å². The third-order valence-electron chi connectivity index (χ3n) is 4.68. The van der Waals surface area contributed by atoms with Gasteiger partial charge in [0, 0.05) is 13.2 Å². The Kier molecular flexibility index (Phi) is 7.04. The van der Waals surface area contributed by atoms with Crippen molar-refractivity contribution in [1.29, 1.82) is 0 Å². The predicted octanol–water partition coefficient (Wildman–Crippen LogP) is 4.00. The molecule has 0 unspecified atom stereocenters.